The van der Waals surface area contributed by atoms with Crippen molar-refractivity contribution in [2.45, 2.75) is 0 Å². The van der Waals surface area contributed by atoms with Gasteiger partial charge in [-0.05, 0) is 24.3 Å². The molecule has 0 aliphatic heterocycles. The quantitative estimate of drug-likeness (QED) is 0.815. The van der Waals surface area contributed by atoms with E-state index in [1.165, 1.54) is 0 Å². The highest BCUT2D eigenvalue weighted by Crippen LogP contribution is 2.16. The Labute approximate surface area is 117 Å². The van der Waals surface area contributed by atoms with Gasteiger partial charge in [-0.25, -0.2) is 0 Å². The lowest BCUT2D eigenvalue weighted by atomic mass is 10.2. The van der Waals surface area contributed by atoms with Crippen LogP contribution in [0.15, 0.2) is 55.2 Å². The van der Waals surface area contributed by atoms with Gasteiger partial charge in [0.1, 0.15) is 11.4 Å². The molecule has 1 aromatic carbocycles. The summed E-state index contributed by atoms with van der Waals surface area (Å²) in [5.74, 6) is 0.399. The number of hydrogen-bond donors (Lipinski definition) is 2. The molecule has 0 fully saturated rings. The molecule has 5 nitrogen and oxygen atoms in total. The molecule has 0 aliphatic carbocycles. The lowest BCUT2D eigenvalue weighted by molar-refractivity contribution is 0.0937. The fourth-order valence-corrected chi connectivity index (χ4v) is 1.58. The summed E-state index contributed by atoms with van der Waals surface area (Å²) in [6, 6.07) is 12.5. The van der Waals surface area contributed by atoms with Gasteiger partial charge in [-0.3, -0.25) is 20.6 Å². The minimum Gasteiger partial charge on any atom is -0.497 e. The third kappa shape index (κ3) is 3.35. The first-order chi connectivity index (χ1) is 9.70. The number of carbonyl (C=O) groups is 1. The lowest BCUT2D eigenvalue weighted by Gasteiger charge is -2.11. The van der Waals surface area contributed by atoms with Crippen LogP contribution in [0.4, 0.5) is 0 Å². The minimum absolute atomic E-state index is 0.324. The first-order valence-electron chi connectivity index (χ1n) is 6.01. The minimum atomic E-state index is -0.324. The van der Waals surface area contributed by atoms with Crippen molar-refractivity contribution in [1.29, 1.82) is 0 Å². The van der Waals surface area contributed by atoms with Crippen LogP contribution in [0, 0.1) is 0 Å². The van der Waals surface area contributed by atoms with Crippen molar-refractivity contribution in [3.05, 3.63) is 66.5 Å². The van der Waals surface area contributed by atoms with Gasteiger partial charge in [0.2, 0.25) is 0 Å². The second-order valence-electron chi connectivity index (χ2n) is 4.00. The van der Waals surface area contributed by atoms with Crippen molar-refractivity contribution in [2.24, 2.45) is 0 Å². The Morgan fingerprint density at radius 2 is 2.05 bits per heavy atom. The molecule has 2 aromatic rings. The number of rotatable bonds is 5. The van der Waals surface area contributed by atoms with E-state index in [4.69, 9.17) is 4.74 Å². The van der Waals surface area contributed by atoms with E-state index in [9.17, 15) is 4.79 Å². The van der Waals surface area contributed by atoms with E-state index in [1.807, 2.05) is 24.3 Å². The summed E-state index contributed by atoms with van der Waals surface area (Å²) in [6.07, 6.45) is 1.56. The van der Waals surface area contributed by atoms with Crippen LogP contribution in [0.1, 0.15) is 16.1 Å². The number of nitrogens with zero attached hydrogens (tertiary/aromatic N) is 1. The Morgan fingerprint density at radius 3 is 2.75 bits per heavy atom. The second-order valence-corrected chi connectivity index (χ2v) is 4.00. The fourth-order valence-electron chi connectivity index (χ4n) is 1.58. The highest BCUT2D eigenvalue weighted by Gasteiger charge is 2.06. The summed E-state index contributed by atoms with van der Waals surface area (Å²) < 4.78 is 5.13. The number of hydrazine groups is 1. The van der Waals surface area contributed by atoms with Crippen LogP contribution >= 0.6 is 0 Å². The molecule has 0 aliphatic rings. The van der Waals surface area contributed by atoms with Gasteiger partial charge in [-0.15, -0.1) is 0 Å². The third-order valence-electron chi connectivity index (χ3n) is 2.64. The van der Waals surface area contributed by atoms with Crippen LogP contribution in [-0.2, 0) is 0 Å². The van der Waals surface area contributed by atoms with E-state index in [0.29, 0.717) is 11.4 Å². The molecule has 2 N–H and O–H groups in total. The molecule has 0 atom stereocenters. The molecule has 20 heavy (non-hydrogen) atoms. The summed E-state index contributed by atoms with van der Waals surface area (Å²) in [5.41, 5.74) is 7.02. The molecule has 0 radical (unpaired) electrons. The number of methoxy groups -OCH3 is 1. The van der Waals surface area contributed by atoms with Crippen LogP contribution in [0.3, 0.4) is 0 Å². The maximum Gasteiger partial charge on any atom is 0.288 e. The number of ether oxygens (including phenoxy) is 1. The van der Waals surface area contributed by atoms with E-state index in [1.54, 1.807) is 31.5 Å². The van der Waals surface area contributed by atoms with Crippen LogP contribution in [0.25, 0.3) is 5.70 Å². The Balaban J connectivity index is 1.97. The van der Waals surface area contributed by atoms with Crippen molar-refractivity contribution in [1.82, 2.24) is 15.8 Å². The molecule has 0 unspecified atom stereocenters. The van der Waals surface area contributed by atoms with Crippen LogP contribution in [-0.4, -0.2) is 18.0 Å². The van der Waals surface area contributed by atoms with E-state index >= 15 is 0 Å². The number of aromatic nitrogens is 1. The zero-order chi connectivity index (χ0) is 14.4. The Hall–Kier alpha value is -2.82. The van der Waals surface area contributed by atoms with Crippen molar-refractivity contribution in [2.75, 3.05) is 7.11 Å². The zero-order valence-electron chi connectivity index (χ0n) is 11.1. The van der Waals surface area contributed by atoms with Gasteiger partial charge in [0.15, 0.2) is 0 Å². The number of nitrogens with one attached hydrogen (secondary N) is 2. The normalized spacial score (nSPS) is 9.65. The highest BCUT2D eigenvalue weighted by molar-refractivity contribution is 5.92. The van der Waals surface area contributed by atoms with Crippen molar-refractivity contribution < 1.29 is 9.53 Å². The topological polar surface area (TPSA) is 63.2 Å². The van der Waals surface area contributed by atoms with Gasteiger partial charge in [0, 0.05) is 11.8 Å². The van der Waals surface area contributed by atoms with Gasteiger partial charge in [-0.1, -0.05) is 24.8 Å². The maximum absolute atomic E-state index is 11.8. The Bertz CT molecular complexity index is 612. The van der Waals surface area contributed by atoms with Crippen molar-refractivity contribution in [3.63, 3.8) is 0 Å². The average Bonchev–Trinajstić information content (AvgIpc) is 2.53. The number of benzene rings is 1. The molecule has 0 bridgehead atoms. The summed E-state index contributed by atoms with van der Waals surface area (Å²) in [5, 5.41) is 0. The molecule has 2 rings (SSSR count). The third-order valence-corrected chi connectivity index (χ3v) is 2.64. The lowest BCUT2D eigenvalue weighted by Crippen LogP contribution is -2.36. The van der Waals surface area contributed by atoms with Crippen LogP contribution < -0.4 is 15.6 Å². The predicted molar refractivity (Wildman–Crippen MR) is 76.9 cm³/mol. The van der Waals surface area contributed by atoms with Gasteiger partial charge < -0.3 is 4.74 Å². The Kier molecular flexibility index (Phi) is 4.34. The number of amides is 1. The van der Waals surface area contributed by atoms with Gasteiger partial charge in [0.25, 0.3) is 5.91 Å². The summed E-state index contributed by atoms with van der Waals surface area (Å²) >= 11 is 0. The molecule has 1 aromatic heterocycles. The van der Waals surface area contributed by atoms with Crippen molar-refractivity contribution in [3.8, 4) is 5.75 Å². The van der Waals surface area contributed by atoms with Crippen LogP contribution in [0.5, 0.6) is 5.75 Å². The number of carbonyl (C=O) groups excluding carboxylic acids is 1. The second kappa shape index (κ2) is 6.38. The first kappa shape index (κ1) is 13.6. The van der Waals surface area contributed by atoms with Crippen molar-refractivity contribution >= 4 is 11.6 Å². The predicted octanol–water partition coefficient (Wildman–Crippen LogP) is 2.00. The Morgan fingerprint density at radius 1 is 1.20 bits per heavy atom. The van der Waals surface area contributed by atoms with E-state index < -0.39 is 0 Å². The maximum atomic E-state index is 11.8. The van der Waals surface area contributed by atoms with Gasteiger partial charge in [-0.2, -0.15) is 0 Å². The van der Waals surface area contributed by atoms with Gasteiger partial charge in [0.05, 0.1) is 12.8 Å². The average molecular weight is 269 g/mol. The van der Waals surface area contributed by atoms with Gasteiger partial charge >= 0.3 is 0 Å². The summed E-state index contributed by atoms with van der Waals surface area (Å²) in [4.78, 5) is 15.8. The van der Waals surface area contributed by atoms with Crippen LogP contribution in [0.2, 0.25) is 0 Å². The van der Waals surface area contributed by atoms with E-state index in [0.717, 1.165) is 11.3 Å². The molecular formula is C15H15N3O2. The molecule has 1 amide bonds. The SMILES string of the molecule is C=C(NNC(=O)c1ccccn1)c1cccc(OC)c1. The van der Waals surface area contributed by atoms with E-state index in [2.05, 4.69) is 22.4 Å². The molecule has 0 saturated carbocycles. The summed E-state index contributed by atoms with van der Waals surface area (Å²) in [7, 11) is 1.60. The summed E-state index contributed by atoms with van der Waals surface area (Å²) in [6.45, 7) is 3.86. The number of pyridine rings is 1. The molecule has 0 spiro atoms. The highest BCUT2D eigenvalue weighted by atomic mass is 16.5. The smallest absolute Gasteiger partial charge is 0.288 e. The standard InChI is InChI=1S/C15H15N3O2/c1-11(12-6-5-7-13(10-12)20-2)17-18-15(19)14-8-3-4-9-16-14/h3-10,17H,1H2,2H3,(H,18,19). The molecule has 102 valence electrons. The zero-order valence-corrected chi connectivity index (χ0v) is 11.1. The fraction of sp³-hybridized carbons (Fsp3) is 0.0667. The molecule has 5 heteroatoms. The molecule has 0 saturated heterocycles. The molecule has 1 heterocycles. The first-order valence-corrected chi connectivity index (χ1v) is 6.01. The monoisotopic (exact) mass is 269 g/mol. The number of hydrogen-bond acceptors (Lipinski definition) is 4. The largest absolute Gasteiger partial charge is 0.497 e. The van der Waals surface area contributed by atoms with E-state index in [-0.39, 0.29) is 5.91 Å². The molecular weight excluding hydrogens is 254 g/mol.